The summed E-state index contributed by atoms with van der Waals surface area (Å²) in [6.45, 7) is 2.98. The zero-order valence-electron chi connectivity index (χ0n) is 11.7. The molecule has 21 heavy (non-hydrogen) atoms. The molecule has 0 fully saturated rings. The van der Waals surface area contributed by atoms with Gasteiger partial charge in [0, 0.05) is 12.7 Å². The molecule has 1 aliphatic heterocycles. The summed E-state index contributed by atoms with van der Waals surface area (Å²) in [5.74, 6) is 1.63. The molecule has 0 saturated carbocycles. The number of aromatic nitrogens is 4. The number of anilines is 1. The summed E-state index contributed by atoms with van der Waals surface area (Å²) in [5.41, 5.74) is 2.26. The van der Waals surface area contributed by atoms with E-state index in [0.29, 0.717) is 0 Å². The zero-order chi connectivity index (χ0) is 14.2. The molecule has 5 nitrogen and oxygen atoms in total. The molecule has 0 aliphatic carbocycles. The monoisotopic (exact) mass is 297 g/mol. The summed E-state index contributed by atoms with van der Waals surface area (Å²) in [6, 6.07) is 8.27. The number of aryl methyl sites for hydroxylation is 1. The number of rotatable bonds is 2. The molecule has 4 heterocycles. The van der Waals surface area contributed by atoms with Gasteiger partial charge in [-0.05, 0) is 42.5 Å². The fourth-order valence-corrected chi connectivity index (χ4v) is 3.50. The van der Waals surface area contributed by atoms with Crippen LogP contribution in [0.1, 0.15) is 23.7 Å². The van der Waals surface area contributed by atoms with Crippen molar-refractivity contribution in [3.63, 3.8) is 0 Å². The molecular formula is C15H15N5S. The van der Waals surface area contributed by atoms with Crippen LogP contribution in [0.5, 0.6) is 0 Å². The highest BCUT2D eigenvalue weighted by molar-refractivity contribution is 7.13. The van der Waals surface area contributed by atoms with E-state index < -0.39 is 0 Å². The topological polar surface area (TPSA) is 55.6 Å². The van der Waals surface area contributed by atoms with Crippen molar-refractivity contribution in [3.8, 4) is 10.7 Å². The molecule has 0 amide bonds. The Morgan fingerprint density at radius 3 is 3.05 bits per heavy atom. The van der Waals surface area contributed by atoms with Crippen LogP contribution in [0, 0.1) is 6.92 Å². The maximum Gasteiger partial charge on any atom is 0.222 e. The Bertz CT molecular complexity index is 761. The molecule has 0 saturated heterocycles. The van der Waals surface area contributed by atoms with Crippen molar-refractivity contribution in [2.24, 2.45) is 0 Å². The molecule has 0 spiro atoms. The van der Waals surface area contributed by atoms with Gasteiger partial charge in [0.15, 0.2) is 5.82 Å². The smallest absolute Gasteiger partial charge is 0.222 e. The first-order valence-electron chi connectivity index (χ1n) is 6.99. The number of hydrogen-bond acceptors (Lipinski definition) is 5. The lowest BCUT2D eigenvalue weighted by atomic mass is 10.1. The van der Waals surface area contributed by atoms with E-state index in [-0.39, 0.29) is 6.04 Å². The van der Waals surface area contributed by atoms with Crippen LogP contribution in [0.15, 0.2) is 35.8 Å². The molecule has 0 radical (unpaired) electrons. The first-order valence-corrected chi connectivity index (χ1v) is 7.87. The van der Waals surface area contributed by atoms with Gasteiger partial charge >= 0.3 is 0 Å². The van der Waals surface area contributed by atoms with Crippen LogP contribution in [-0.4, -0.2) is 26.3 Å². The Hall–Kier alpha value is -2.21. The molecule has 0 bridgehead atoms. The summed E-state index contributed by atoms with van der Waals surface area (Å²) in [7, 11) is 0. The van der Waals surface area contributed by atoms with Crippen LogP contribution in [0.4, 0.5) is 5.95 Å². The first kappa shape index (κ1) is 12.5. The summed E-state index contributed by atoms with van der Waals surface area (Å²) < 4.78 is 1.97. The maximum absolute atomic E-state index is 4.73. The van der Waals surface area contributed by atoms with Crippen molar-refractivity contribution >= 4 is 17.3 Å². The second-order valence-electron chi connectivity index (χ2n) is 5.12. The summed E-state index contributed by atoms with van der Waals surface area (Å²) in [4.78, 5) is 10.3. The van der Waals surface area contributed by atoms with Gasteiger partial charge < -0.3 is 5.32 Å². The van der Waals surface area contributed by atoms with Crippen molar-refractivity contribution < 1.29 is 0 Å². The summed E-state index contributed by atoms with van der Waals surface area (Å²) in [5, 5.41) is 10.1. The number of nitrogens with one attached hydrogen (secondary N) is 1. The van der Waals surface area contributed by atoms with Crippen molar-refractivity contribution in [1.82, 2.24) is 19.7 Å². The van der Waals surface area contributed by atoms with Gasteiger partial charge in [-0.1, -0.05) is 6.07 Å². The Morgan fingerprint density at radius 2 is 2.29 bits per heavy atom. The van der Waals surface area contributed by atoms with Gasteiger partial charge in [-0.3, -0.25) is 4.98 Å². The number of nitrogens with zero attached hydrogens (tertiary/aromatic N) is 4. The predicted molar refractivity (Wildman–Crippen MR) is 83.6 cm³/mol. The van der Waals surface area contributed by atoms with Crippen molar-refractivity contribution in [2.45, 2.75) is 19.4 Å². The first-order chi connectivity index (χ1) is 10.3. The van der Waals surface area contributed by atoms with E-state index in [2.05, 4.69) is 39.7 Å². The third-order valence-electron chi connectivity index (χ3n) is 3.72. The lowest BCUT2D eigenvalue weighted by Gasteiger charge is -2.23. The molecule has 6 heteroatoms. The SMILES string of the molecule is Cc1ccsc1-c1nc2n(n1)C(c1ccccn1)CCN2. The quantitative estimate of drug-likeness (QED) is 0.789. The van der Waals surface area contributed by atoms with Gasteiger partial charge in [0.05, 0.1) is 16.6 Å². The van der Waals surface area contributed by atoms with Crippen LogP contribution in [-0.2, 0) is 0 Å². The Labute approximate surface area is 126 Å². The molecular weight excluding hydrogens is 282 g/mol. The van der Waals surface area contributed by atoms with E-state index in [1.165, 1.54) is 5.56 Å². The van der Waals surface area contributed by atoms with Crippen LogP contribution >= 0.6 is 11.3 Å². The Balaban J connectivity index is 1.79. The number of pyridine rings is 1. The Kier molecular flexibility index (Phi) is 2.96. The van der Waals surface area contributed by atoms with Gasteiger partial charge in [0.25, 0.3) is 0 Å². The van der Waals surface area contributed by atoms with Crippen LogP contribution in [0.25, 0.3) is 10.7 Å². The van der Waals surface area contributed by atoms with Crippen molar-refractivity contribution in [3.05, 3.63) is 47.1 Å². The van der Waals surface area contributed by atoms with Gasteiger partial charge in [-0.25, -0.2) is 4.68 Å². The highest BCUT2D eigenvalue weighted by Gasteiger charge is 2.26. The number of hydrogen-bond donors (Lipinski definition) is 1. The molecule has 1 unspecified atom stereocenters. The average molecular weight is 297 g/mol. The lowest BCUT2D eigenvalue weighted by molar-refractivity contribution is 0.471. The molecule has 3 aromatic heterocycles. The second-order valence-corrected chi connectivity index (χ2v) is 6.04. The molecule has 0 aromatic carbocycles. The van der Waals surface area contributed by atoms with Gasteiger partial charge in [-0.15, -0.1) is 16.4 Å². The van der Waals surface area contributed by atoms with Crippen molar-refractivity contribution in [1.29, 1.82) is 0 Å². The van der Waals surface area contributed by atoms with Gasteiger partial charge in [0.2, 0.25) is 5.95 Å². The van der Waals surface area contributed by atoms with E-state index in [9.17, 15) is 0 Å². The highest BCUT2D eigenvalue weighted by atomic mass is 32.1. The highest BCUT2D eigenvalue weighted by Crippen LogP contribution is 2.32. The molecule has 1 atom stereocenters. The normalized spacial score (nSPS) is 17.3. The average Bonchev–Trinajstić information content (AvgIpc) is 3.13. The lowest BCUT2D eigenvalue weighted by Crippen LogP contribution is -2.25. The predicted octanol–water partition coefficient (Wildman–Crippen LogP) is 3.12. The zero-order valence-corrected chi connectivity index (χ0v) is 12.5. The maximum atomic E-state index is 4.73. The minimum Gasteiger partial charge on any atom is -0.354 e. The number of thiophene rings is 1. The third kappa shape index (κ3) is 2.12. The van der Waals surface area contributed by atoms with Crippen LogP contribution in [0.3, 0.4) is 0 Å². The standard InChI is InChI=1S/C15H15N5S/c1-10-6-9-21-13(10)14-18-15-17-8-5-12(20(15)19-14)11-4-2-3-7-16-11/h2-4,6-7,9,12H,5,8H2,1H3,(H,17,18,19). The largest absolute Gasteiger partial charge is 0.354 e. The van der Waals surface area contributed by atoms with E-state index >= 15 is 0 Å². The van der Waals surface area contributed by atoms with Crippen LogP contribution < -0.4 is 5.32 Å². The fourth-order valence-electron chi connectivity index (χ4n) is 2.65. The molecule has 106 valence electrons. The van der Waals surface area contributed by atoms with E-state index in [1.807, 2.05) is 23.0 Å². The second kappa shape index (κ2) is 4.96. The van der Waals surface area contributed by atoms with Gasteiger partial charge in [-0.2, -0.15) is 4.98 Å². The summed E-state index contributed by atoms with van der Waals surface area (Å²) in [6.07, 6.45) is 2.80. The van der Waals surface area contributed by atoms with Crippen molar-refractivity contribution in [2.75, 3.05) is 11.9 Å². The molecule has 1 N–H and O–H groups in total. The van der Waals surface area contributed by atoms with E-state index in [4.69, 9.17) is 5.10 Å². The van der Waals surface area contributed by atoms with E-state index in [1.54, 1.807) is 11.3 Å². The Morgan fingerprint density at radius 1 is 1.33 bits per heavy atom. The number of fused-ring (bicyclic) bond motifs is 1. The summed E-state index contributed by atoms with van der Waals surface area (Å²) >= 11 is 1.68. The molecule has 4 rings (SSSR count). The third-order valence-corrected chi connectivity index (χ3v) is 4.73. The van der Waals surface area contributed by atoms with E-state index in [0.717, 1.165) is 35.3 Å². The minimum atomic E-state index is 0.156. The molecule has 1 aliphatic rings. The fraction of sp³-hybridized carbons (Fsp3) is 0.267. The van der Waals surface area contributed by atoms with Gasteiger partial charge in [0.1, 0.15) is 0 Å². The van der Waals surface area contributed by atoms with Crippen LogP contribution in [0.2, 0.25) is 0 Å². The molecule has 3 aromatic rings. The minimum absolute atomic E-state index is 0.156.